The van der Waals surface area contributed by atoms with E-state index in [1.54, 1.807) is 6.92 Å². The molecule has 0 spiro atoms. The molecule has 0 atom stereocenters. The first-order chi connectivity index (χ1) is 9.88. The first kappa shape index (κ1) is 13.3. The zero-order valence-electron chi connectivity index (χ0n) is 10.8. The maximum absolute atomic E-state index is 12.6. The fourth-order valence-electron chi connectivity index (χ4n) is 2.09. The summed E-state index contributed by atoms with van der Waals surface area (Å²) in [6.07, 6.45) is -3.07. The highest BCUT2D eigenvalue weighted by atomic mass is 19.4. The van der Waals surface area contributed by atoms with Gasteiger partial charge in [-0.2, -0.15) is 13.2 Å². The third kappa shape index (κ3) is 2.18. The molecule has 21 heavy (non-hydrogen) atoms. The molecule has 1 aromatic carbocycles. The van der Waals surface area contributed by atoms with Crippen molar-refractivity contribution in [3.63, 3.8) is 0 Å². The molecule has 3 rings (SSSR count). The van der Waals surface area contributed by atoms with Crippen molar-refractivity contribution >= 4 is 11.2 Å². The topological polar surface area (TPSA) is 63.6 Å². The van der Waals surface area contributed by atoms with Crippen LogP contribution in [0.1, 0.15) is 11.4 Å². The second-order valence-electron chi connectivity index (χ2n) is 4.45. The van der Waals surface area contributed by atoms with E-state index in [9.17, 15) is 18.0 Å². The van der Waals surface area contributed by atoms with E-state index in [0.29, 0.717) is 11.5 Å². The van der Waals surface area contributed by atoms with Gasteiger partial charge in [0.2, 0.25) is 0 Å². The van der Waals surface area contributed by atoms with Gasteiger partial charge < -0.3 is 4.98 Å². The van der Waals surface area contributed by atoms with Gasteiger partial charge in [0.1, 0.15) is 5.82 Å². The summed E-state index contributed by atoms with van der Waals surface area (Å²) in [7, 11) is 0. The number of imidazole rings is 1. The van der Waals surface area contributed by atoms with Crippen LogP contribution in [0.15, 0.2) is 35.4 Å². The summed E-state index contributed by atoms with van der Waals surface area (Å²) in [5, 5.41) is 0. The van der Waals surface area contributed by atoms with E-state index >= 15 is 0 Å². The molecule has 1 N–H and O–H groups in total. The first-order valence-corrected chi connectivity index (χ1v) is 5.98. The van der Waals surface area contributed by atoms with Crippen LogP contribution in [-0.2, 0) is 6.18 Å². The number of aromatic nitrogens is 4. The summed E-state index contributed by atoms with van der Waals surface area (Å²) in [6, 6.07) is 4.33. The third-order valence-corrected chi connectivity index (χ3v) is 3.08. The Kier molecular flexibility index (Phi) is 2.82. The monoisotopic (exact) mass is 294 g/mol. The molecule has 0 unspecified atom stereocenters. The number of nitrogens with zero attached hydrogens (tertiary/aromatic N) is 3. The van der Waals surface area contributed by atoms with Gasteiger partial charge in [0.25, 0.3) is 5.56 Å². The molecule has 2 heterocycles. The Morgan fingerprint density at radius 2 is 1.86 bits per heavy atom. The number of H-pyrrole nitrogens is 1. The lowest BCUT2D eigenvalue weighted by Crippen LogP contribution is -2.22. The summed E-state index contributed by atoms with van der Waals surface area (Å²) >= 11 is 0. The number of aryl methyl sites for hydroxylation is 1. The average Bonchev–Trinajstić information content (AvgIpc) is 2.86. The number of alkyl halides is 3. The van der Waals surface area contributed by atoms with Crippen molar-refractivity contribution in [2.24, 2.45) is 0 Å². The number of hydrogen-bond donors (Lipinski definition) is 1. The minimum absolute atomic E-state index is 0.209. The van der Waals surface area contributed by atoms with Crippen LogP contribution < -0.4 is 5.56 Å². The number of benzene rings is 1. The van der Waals surface area contributed by atoms with Gasteiger partial charge in [0.05, 0.1) is 17.6 Å². The van der Waals surface area contributed by atoms with Gasteiger partial charge in [-0.25, -0.2) is 9.97 Å². The van der Waals surface area contributed by atoms with Crippen molar-refractivity contribution in [1.82, 2.24) is 19.5 Å². The molecular weight excluding hydrogens is 285 g/mol. The highest BCUT2D eigenvalue weighted by molar-refractivity contribution is 5.69. The molecular formula is C13H9F3N4O. The Labute approximate surface area is 116 Å². The molecule has 3 aromatic rings. The van der Waals surface area contributed by atoms with Crippen LogP contribution in [0.2, 0.25) is 0 Å². The van der Waals surface area contributed by atoms with Gasteiger partial charge in [0.15, 0.2) is 11.2 Å². The molecule has 8 heteroatoms. The van der Waals surface area contributed by atoms with Gasteiger partial charge in [-0.05, 0) is 31.2 Å². The largest absolute Gasteiger partial charge is 0.416 e. The number of fused-ring (bicyclic) bond motifs is 1. The lowest BCUT2D eigenvalue weighted by atomic mass is 10.2. The lowest BCUT2D eigenvalue weighted by Gasteiger charge is -2.11. The minimum atomic E-state index is -4.41. The molecule has 0 aliphatic heterocycles. The Morgan fingerprint density at radius 3 is 2.48 bits per heavy atom. The van der Waals surface area contributed by atoms with Crippen molar-refractivity contribution in [3.8, 4) is 5.69 Å². The van der Waals surface area contributed by atoms with Crippen LogP contribution >= 0.6 is 0 Å². The Hall–Kier alpha value is -2.64. The second-order valence-corrected chi connectivity index (χ2v) is 4.45. The molecule has 0 aliphatic carbocycles. The fraction of sp³-hybridized carbons (Fsp3) is 0.154. The van der Waals surface area contributed by atoms with E-state index in [0.717, 1.165) is 12.1 Å². The highest BCUT2D eigenvalue weighted by Gasteiger charge is 2.30. The first-order valence-electron chi connectivity index (χ1n) is 5.98. The number of aromatic amines is 1. The Bertz CT molecular complexity index is 862. The van der Waals surface area contributed by atoms with Gasteiger partial charge in [-0.1, -0.05) is 0 Å². The average molecular weight is 294 g/mol. The fourth-order valence-corrected chi connectivity index (χ4v) is 2.09. The number of rotatable bonds is 1. The van der Waals surface area contributed by atoms with Gasteiger partial charge >= 0.3 is 6.18 Å². The molecule has 0 bridgehead atoms. The summed E-state index contributed by atoms with van der Waals surface area (Å²) in [5.41, 5.74) is -0.377. The van der Waals surface area contributed by atoms with Crippen LogP contribution in [0.5, 0.6) is 0 Å². The predicted octanol–water partition coefficient (Wildman–Crippen LogP) is 2.44. The number of halogens is 3. The van der Waals surface area contributed by atoms with Crippen molar-refractivity contribution in [1.29, 1.82) is 0 Å². The normalized spacial score (nSPS) is 12.0. The van der Waals surface area contributed by atoms with Crippen molar-refractivity contribution in [3.05, 3.63) is 52.3 Å². The Balaban J connectivity index is 2.18. The Morgan fingerprint density at radius 1 is 1.19 bits per heavy atom. The lowest BCUT2D eigenvalue weighted by molar-refractivity contribution is -0.137. The molecule has 0 aliphatic rings. The van der Waals surface area contributed by atoms with Crippen LogP contribution in [0.4, 0.5) is 13.2 Å². The summed E-state index contributed by atoms with van der Waals surface area (Å²) in [4.78, 5) is 23.0. The number of nitrogens with one attached hydrogen (secondary N) is 1. The molecule has 2 aromatic heterocycles. The van der Waals surface area contributed by atoms with Crippen LogP contribution in [-0.4, -0.2) is 19.5 Å². The van der Waals surface area contributed by atoms with E-state index in [4.69, 9.17) is 0 Å². The van der Waals surface area contributed by atoms with Crippen LogP contribution in [0, 0.1) is 6.92 Å². The quantitative estimate of drug-likeness (QED) is 0.749. The highest BCUT2D eigenvalue weighted by Crippen LogP contribution is 2.29. The van der Waals surface area contributed by atoms with Crippen LogP contribution in [0.25, 0.3) is 16.9 Å². The maximum Gasteiger partial charge on any atom is 0.416 e. The minimum Gasteiger partial charge on any atom is -0.339 e. The zero-order valence-corrected chi connectivity index (χ0v) is 10.8. The molecule has 0 amide bonds. The van der Waals surface area contributed by atoms with E-state index in [2.05, 4.69) is 15.0 Å². The molecule has 5 nitrogen and oxygen atoms in total. The predicted molar refractivity (Wildman–Crippen MR) is 69.2 cm³/mol. The van der Waals surface area contributed by atoms with Crippen molar-refractivity contribution in [2.45, 2.75) is 13.1 Å². The van der Waals surface area contributed by atoms with Gasteiger partial charge in [0, 0.05) is 0 Å². The molecule has 108 valence electrons. The van der Waals surface area contributed by atoms with E-state index in [-0.39, 0.29) is 11.2 Å². The number of hydrogen-bond acceptors (Lipinski definition) is 3. The van der Waals surface area contributed by atoms with E-state index in [1.165, 1.54) is 23.0 Å². The molecule has 0 fully saturated rings. The van der Waals surface area contributed by atoms with Crippen molar-refractivity contribution in [2.75, 3.05) is 0 Å². The second kappa shape index (κ2) is 4.44. The standard InChI is InChI=1S/C13H9F3N4O/c1-7-19-11-10(17-6-18-11)12(21)20(7)9-4-2-8(3-5-9)13(14,15)16/h2-6H,1H3,(H,17,18). The smallest absolute Gasteiger partial charge is 0.339 e. The summed E-state index contributed by atoms with van der Waals surface area (Å²) < 4.78 is 38.9. The zero-order chi connectivity index (χ0) is 15.2. The van der Waals surface area contributed by atoms with Crippen molar-refractivity contribution < 1.29 is 13.2 Å². The molecule has 0 saturated heterocycles. The van der Waals surface area contributed by atoms with Gasteiger partial charge in [-0.15, -0.1) is 0 Å². The van der Waals surface area contributed by atoms with Crippen LogP contribution in [0.3, 0.4) is 0 Å². The maximum atomic E-state index is 12.6. The van der Waals surface area contributed by atoms with E-state index in [1.807, 2.05) is 0 Å². The summed E-state index contributed by atoms with van der Waals surface area (Å²) in [6.45, 7) is 1.59. The molecule has 0 radical (unpaired) electrons. The third-order valence-electron chi connectivity index (χ3n) is 3.08. The van der Waals surface area contributed by atoms with E-state index < -0.39 is 17.3 Å². The summed E-state index contributed by atoms with van der Waals surface area (Å²) in [5.74, 6) is 0.347. The van der Waals surface area contributed by atoms with Gasteiger partial charge in [-0.3, -0.25) is 9.36 Å². The SMILES string of the molecule is Cc1nc2nc[nH]c2c(=O)n1-c1ccc(C(F)(F)F)cc1. The molecule has 0 saturated carbocycles.